The number of hydrogen-bond donors (Lipinski definition) is 2. The number of anilines is 3. The predicted octanol–water partition coefficient (Wildman–Crippen LogP) is 7.63. The van der Waals surface area contributed by atoms with E-state index in [1.54, 1.807) is 30.3 Å². The van der Waals surface area contributed by atoms with E-state index in [2.05, 4.69) is 37.3 Å². The Morgan fingerprint density at radius 2 is 1.76 bits per heavy atom. The van der Waals surface area contributed by atoms with Crippen molar-refractivity contribution >= 4 is 56.3 Å². The number of nitrogen functional groups attached to an aromatic ring is 1. The predicted molar refractivity (Wildman–Crippen MR) is 139 cm³/mol. The van der Waals surface area contributed by atoms with Crippen LogP contribution in [0.2, 0.25) is 10.0 Å². The second-order valence-corrected chi connectivity index (χ2v) is 9.18. The molecule has 1 aromatic heterocycles. The van der Waals surface area contributed by atoms with E-state index in [0.717, 1.165) is 15.6 Å². The van der Waals surface area contributed by atoms with Crippen LogP contribution >= 0.6 is 39.1 Å². The van der Waals surface area contributed by atoms with E-state index in [-0.39, 0.29) is 11.6 Å². The summed E-state index contributed by atoms with van der Waals surface area (Å²) in [5.41, 5.74) is 9.59. The number of nitrogens with two attached hydrogens (primary N) is 1. The third-order valence-corrected chi connectivity index (χ3v) is 6.22. The molecule has 34 heavy (non-hydrogen) atoms. The topological polar surface area (TPSA) is 96.8 Å². The van der Waals surface area contributed by atoms with Crippen LogP contribution < -0.4 is 15.8 Å². The monoisotopic (exact) mass is 553 g/mol. The largest absolute Gasteiger partial charge is 0.437 e. The van der Waals surface area contributed by atoms with E-state index >= 15 is 0 Å². The first-order valence-corrected chi connectivity index (χ1v) is 11.7. The van der Waals surface area contributed by atoms with Crippen LogP contribution in [0, 0.1) is 18.3 Å². The standard InChI is InChI=1S/C25H18BrCl2N5O/c1-14-10-19(20(12-29)15-2-6-17(27)7-3-15)21(28)11-22(14)33-24-23(30)25(32-13-31-24)34-18-8-4-16(26)5-9-18/h2-11,13,20H,30H2,1H3,(H,31,32,33). The van der Waals surface area contributed by atoms with Crippen LogP contribution in [0.15, 0.2) is 71.5 Å². The Hall–Kier alpha value is -3.31. The second kappa shape index (κ2) is 10.3. The molecule has 0 saturated heterocycles. The summed E-state index contributed by atoms with van der Waals surface area (Å²) < 4.78 is 6.74. The highest BCUT2D eigenvalue weighted by molar-refractivity contribution is 9.10. The fraction of sp³-hybridized carbons (Fsp3) is 0.0800. The minimum absolute atomic E-state index is 0.229. The van der Waals surface area contributed by atoms with E-state index in [0.29, 0.717) is 32.9 Å². The van der Waals surface area contributed by atoms with Gasteiger partial charge in [-0.25, -0.2) is 4.98 Å². The van der Waals surface area contributed by atoms with Gasteiger partial charge in [-0.2, -0.15) is 10.2 Å². The summed E-state index contributed by atoms with van der Waals surface area (Å²) in [6, 6.07) is 20.4. The van der Waals surface area contributed by atoms with Crippen molar-refractivity contribution in [3.8, 4) is 17.7 Å². The third-order valence-electron chi connectivity index (χ3n) is 5.12. The lowest BCUT2D eigenvalue weighted by Gasteiger charge is -2.17. The second-order valence-electron chi connectivity index (χ2n) is 7.42. The van der Waals surface area contributed by atoms with Gasteiger partial charge in [-0.3, -0.25) is 0 Å². The summed E-state index contributed by atoms with van der Waals surface area (Å²) in [6.07, 6.45) is 1.37. The maximum atomic E-state index is 9.82. The fourth-order valence-electron chi connectivity index (χ4n) is 3.34. The van der Waals surface area contributed by atoms with Crippen LogP contribution in [0.4, 0.5) is 17.2 Å². The molecule has 0 saturated carbocycles. The van der Waals surface area contributed by atoms with Crippen LogP contribution in [0.3, 0.4) is 0 Å². The van der Waals surface area contributed by atoms with Crippen molar-refractivity contribution in [1.82, 2.24) is 9.97 Å². The summed E-state index contributed by atoms with van der Waals surface area (Å²) in [7, 11) is 0. The minimum atomic E-state index is -0.535. The molecular weight excluding hydrogens is 537 g/mol. The first-order valence-electron chi connectivity index (χ1n) is 10.1. The van der Waals surface area contributed by atoms with Gasteiger partial charge in [0, 0.05) is 20.2 Å². The van der Waals surface area contributed by atoms with Gasteiger partial charge in [0.2, 0.25) is 5.88 Å². The highest BCUT2D eigenvalue weighted by Gasteiger charge is 2.19. The summed E-state index contributed by atoms with van der Waals surface area (Å²) >= 11 is 16.0. The van der Waals surface area contributed by atoms with Crippen LogP contribution in [0.1, 0.15) is 22.6 Å². The van der Waals surface area contributed by atoms with Crippen molar-refractivity contribution in [2.45, 2.75) is 12.8 Å². The maximum absolute atomic E-state index is 9.82. The summed E-state index contributed by atoms with van der Waals surface area (Å²) in [5, 5.41) is 14.1. The van der Waals surface area contributed by atoms with Gasteiger partial charge in [0.05, 0.1) is 12.0 Å². The lowest BCUT2D eigenvalue weighted by molar-refractivity contribution is 0.464. The SMILES string of the molecule is Cc1cc(C(C#N)c2ccc(Cl)cc2)c(Cl)cc1Nc1ncnc(Oc2ccc(Br)cc2)c1N. The van der Waals surface area contributed by atoms with Gasteiger partial charge in [0.15, 0.2) is 5.82 Å². The van der Waals surface area contributed by atoms with Crippen molar-refractivity contribution in [2.75, 3.05) is 11.1 Å². The normalized spacial score (nSPS) is 11.5. The number of aryl methyl sites for hydroxylation is 1. The number of nitrogens with zero attached hydrogens (tertiary/aromatic N) is 3. The minimum Gasteiger partial charge on any atom is -0.437 e. The van der Waals surface area contributed by atoms with Crippen LogP contribution in [0.25, 0.3) is 0 Å². The molecule has 0 radical (unpaired) electrons. The molecule has 0 aliphatic rings. The molecule has 4 aromatic rings. The lowest BCUT2D eigenvalue weighted by atomic mass is 9.91. The number of hydrogen-bond acceptors (Lipinski definition) is 6. The van der Waals surface area contributed by atoms with E-state index in [4.69, 9.17) is 33.7 Å². The molecule has 0 fully saturated rings. The average molecular weight is 555 g/mol. The van der Waals surface area contributed by atoms with Gasteiger partial charge in [-0.15, -0.1) is 0 Å². The van der Waals surface area contributed by atoms with Crippen molar-refractivity contribution in [3.05, 3.63) is 98.2 Å². The number of nitrogens with one attached hydrogen (secondary N) is 1. The third kappa shape index (κ3) is 5.26. The molecule has 9 heteroatoms. The Kier molecular flexibility index (Phi) is 7.23. The molecule has 3 N–H and O–H groups in total. The van der Waals surface area contributed by atoms with Crippen molar-refractivity contribution < 1.29 is 4.74 Å². The number of halogens is 3. The highest BCUT2D eigenvalue weighted by atomic mass is 79.9. The van der Waals surface area contributed by atoms with Gasteiger partial charge in [0.1, 0.15) is 17.8 Å². The molecule has 1 unspecified atom stereocenters. The van der Waals surface area contributed by atoms with E-state index in [9.17, 15) is 5.26 Å². The van der Waals surface area contributed by atoms with Crippen molar-refractivity contribution in [1.29, 1.82) is 5.26 Å². The smallest absolute Gasteiger partial charge is 0.248 e. The number of nitriles is 1. The zero-order valence-electron chi connectivity index (χ0n) is 17.9. The zero-order valence-corrected chi connectivity index (χ0v) is 21.0. The molecule has 0 bridgehead atoms. The molecular formula is C25H18BrCl2N5O. The summed E-state index contributed by atoms with van der Waals surface area (Å²) in [6.45, 7) is 1.91. The fourth-order valence-corrected chi connectivity index (χ4v) is 4.00. The molecule has 170 valence electrons. The molecule has 1 atom stereocenters. The number of ether oxygens (including phenoxy) is 1. The quantitative estimate of drug-likeness (QED) is 0.254. The first-order chi connectivity index (χ1) is 16.4. The van der Waals surface area contributed by atoms with E-state index in [1.807, 2.05) is 37.3 Å². The number of benzene rings is 3. The summed E-state index contributed by atoms with van der Waals surface area (Å²) in [5.74, 6) is 0.663. The van der Waals surface area contributed by atoms with Crippen molar-refractivity contribution in [2.24, 2.45) is 0 Å². The average Bonchev–Trinajstić information content (AvgIpc) is 2.82. The van der Waals surface area contributed by atoms with Gasteiger partial charge >= 0.3 is 0 Å². The molecule has 1 heterocycles. The van der Waals surface area contributed by atoms with Crippen LogP contribution in [0.5, 0.6) is 11.6 Å². The summed E-state index contributed by atoms with van der Waals surface area (Å²) in [4.78, 5) is 8.39. The first kappa shape index (κ1) is 23.8. The molecule has 0 spiro atoms. The molecule has 0 aliphatic carbocycles. The highest BCUT2D eigenvalue weighted by Crippen LogP contribution is 2.37. The van der Waals surface area contributed by atoms with Crippen LogP contribution in [-0.4, -0.2) is 9.97 Å². The molecule has 6 nitrogen and oxygen atoms in total. The Labute approximate surface area is 215 Å². The van der Waals surface area contributed by atoms with E-state index in [1.165, 1.54) is 6.33 Å². The van der Waals surface area contributed by atoms with Gasteiger partial charge in [-0.1, -0.05) is 57.3 Å². The van der Waals surface area contributed by atoms with E-state index < -0.39 is 5.92 Å². The van der Waals surface area contributed by atoms with Crippen molar-refractivity contribution in [3.63, 3.8) is 0 Å². The Bertz CT molecular complexity index is 1370. The number of aromatic nitrogens is 2. The zero-order chi connectivity index (χ0) is 24.2. The Morgan fingerprint density at radius 1 is 1.06 bits per heavy atom. The maximum Gasteiger partial charge on any atom is 0.248 e. The molecule has 0 amide bonds. The number of rotatable bonds is 6. The Balaban J connectivity index is 1.61. The lowest BCUT2D eigenvalue weighted by Crippen LogP contribution is -2.05. The van der Waals surface area contributed by atoms with Crippen LogP contribution in [-0.2, 0) is 0 Å². The Morgan fingerprint density at radius 3 is 2.44 bits per heavy atom. The molecule has 0 aliphatic heterocycles. The van der Waals surface area contributed by atoms with Gasteiger partial charge < -0.3 is 15.8 Å². The molecule has 3 aromatic carbocycles. The van der Waals surface area contributed by atoms with Gasteiger partial charge in [-0.05, 0) is 66.1 Å². The van der Waals surface area contributed by atoms with Gasteiger partial charge in [0.25, 0.3) is 0 Å². The molecule has 4 rings (SSSR count).